The average Bonchev–Trinajstić information content (AvgIpc) is 3.18. The first-order valence-corrected chi connectivity index (χ1v) is 7.54. The summed E-state index contributed by atoms with van der Waals surface area (Å²) in [5.74, 6) is -0.835. The fourth-order valence-corrected chi connectivity index (χ4v) is 2.73. The summed E-state index contributed by atoms with van der Waals surface area (Å²) in [4.78, 5) is 37.5. The Morgan fingerprint density at radius 3 is 2.75 bits per heavy atom. The molecule has 1 saturated heterocycles. The van der Waals surface area contributed by atoms with Gasteiger partial charge in [-0.15, -0.1) is 0 Å². The average molecular weight is 327 g/mol. The van der Waals surface area contributed by atoms with E-state index in [1.807, 2.05) is 0 Å². The fourth-order valence-electron chi connectivity index (χ4n) is 2.73. The molecule has 0 bridgehead atoms. The molecule has 0 spiro atoms. The van der Waals surface area contributed by atoms with E-state index in [4.69, 9.17) is 10.2 Å². The van der Waals surface area contributed by atoms with Gasteiger partial charge in [0, 0.05) is 13.0 Å². The maximum Gasteiger partial charge on any atom is 0.250 e. The number of hydrogen-bond acceptors (Lipinski definition) is 4. The zero-order chi connectivity index (χ0) is 17.1. The highest BCUT2D eigenvalue weighted by molar-refractivity contribution is 6.04. The van der Waals surface area contributed by atoms with Crippen molar-refractivity contribution in [2.24, 2.45) is 11.7 Å². The molecule has 0 aliphatic carbocycles. The number of nitrogens with zero attached hydrogens (tertiary/aromatic N) is 1. The van der Waals surface area contributed by atoms with Gasteiger partial charge in [0.15, 0.2) is 0 Å². The number of primary amides is 1. The van der Waals surface area contributed by atoms with E-state index in [0.29, 0.717) is 24.5 Å². The van der Waals surface area contributed by atoms with Crippen molar-refractivity contribution in [3.8, 4) is 0 Å². The number of benzene rings is 1. The number of nitrogens with one attached hydrogen (secondary N) is 1. The van der Waals surface area contributed by atoms with Gasteiger partial charge < -0.3 is 20.4 Å². The summed E-state index contributed by atoms with van der Waals surface area (Å²) in [6.07, 6.45) is 1.67. The summed E-state index contributed by atoms with van der Waals surface area (Å²) in [7, 11) is 0. The van der Waals surface area contributed by atoms with Crippen molar-refractivity contribution < 1.29 is 18.8 Å². The van der Waals surface area contributed by atoms with Gasteiger partial charge in [0.2, 0.25) is 11.8 Å². The zero-order valence-electron chi connectivity index (χ0n) is 12.9. The van der Waals surface area contributed by atoms with Gasteiger partial charge in [-0.05, 0) is 24.3 Å². The molecular weight excluding hydrogens is 310 g/mol. The summed E-state index contributed by atoms with van der Waals surface area (Å²) >= 11 is 0. The van der Waals surface area contributed by atoms with Crippen LogP contribution in [0.25, 0.3) is 0 Å². The second-order valence-corrected chi connectivity index (χ2v) is 5.65. The van der Waals surface area contributed by atoms with E-state index in [1.54, 1.807) is 47.6 Å². The number of nitrogens with two attached hydrogens (primary N) is 1. The molecule has 1 atom stereocenters. The molecule has 1 aromatic heterocycles. The van der Waals surface area contributed by atoms with Gasteiger partial charge >= 0.3 is 0 Å². The smallest absolute Gasteiger partial charge is 0.250 e. The predicted molar refractivity (Wildman–Crippen MR) is 85.8 cm³/mol. The molecule has 1 unspecified atom stereocenters. The Bertz CT molecular complexity index is 770. The summed E-state index contributed by atoms with van der Waals surface area (Å²) in [5.41, 5.74) is 5.89. The maximum absolute atomic E-state index is 12.4. The first-order chi connectivity index (χ1) is 11.5. The number of carbonyl (C=O) groups is 3. The summed E-state index contributed by atoms with van der Waals surface area (Å²) in [5, 5.41) is 2.69. The highest BCUT2D eigenvalue weighted by Gasteiger charge is 2.34. The molecule has 3 rings (SSSR count). The molecule has 24 heavy (non-hydrogen) atoms. The van der Waals surface area contributed by atoms with Crippen molar-refractivity contribution in [1.29, 1.82) is 0 Å². The molecule has 0 radical (unpaired) electrons. The molecule has 7 heteroatoms. The molecule has 1 aliphatic rings. The Morgan fingerprint density at radius 2 is 2.04 bits per heavy atom. The predicted octanol–water partition coefficient (Wildman–Crippen LogP) is 1.37. The van der Waals surface area contributed by atoms with Gasteiger partial charge in [-0.3, -0.25) is 14.4 Å². The Balaban J connectivity index is 1.66. The van der Waals surface area contributed by atoms with E-state index in [2.05, 4.69) is 5.32 Å². The first-order valence-electron chi connectivity index (χ1n) is 7.54. The third-order valence-electron chi connectivity index (χ3n) is 3.96. The first kappa shape index (κ1) is 15.8. The van der Waals surface area contributed by atoms with E-state index >= 15 is 0 Å². The standard InChI is InChI=1S/C17H17N3O4/c18-16(22)13-5-1-2-6-14(13)19-17(23)11-8-15(21)20(9-11)10-12-4-3-7-24-12/h1-7,11H,8-10H2,(H2,18,22)(H,19,23). The summed E-state index contributed by atoms with van der Waals surface area (Å²) in [6, 6.07) is 10.0. The largest absolute Gasteiger partial charge is 0.467 e. The van der Waals surface area contributed by atoms with Crippen molar-refractivity contribution in [2.45, 2.75) is 13.0 Å². The van der Waals surface area contributed by atoms with Crippen LogP contribution in [-0.4, -0.2) is 29.2 Å². The molecule has 1 aromatic carbocycles. The molecular formula is C17H17N3O4. The Labute approximate surface area is 138 Å². The van der Waals surface area contributed by atoms with Crippen LogP contribution in [0.3, 0.4) is 0 Å². The van der Waals surface area contributed by atoms with Crippen LogP contribution in [0.4, 0.5) is 5.69 Å². The van der Waals surface area contributed by atoms with Gasteiger partial charge in [-0.2, -0.15) is 0 Å². The monoisotopic (exact) mass is 327 g/mol. The Morgan fingerprint density at radius 1 is 1.25 bits per heavy atom. The number of furan rings is 1. The van der Waals surface area contributed by atoms with Crippen LogP contribution in [0.1, 0.15) is 22.5 Å². The van der Waals surface area contributed by atoms with Crippen molar-refractivity contribution in [1.82, 2.24) is 4.90 Å². The van der Waals surface area contributed by atoms with Gasteiger partial charge in [-0.1, -0.05) is 12.1 Å². The molecule has 2 aromatic rings. The third kappa shape index (κ3) is 3.29. The second kappa shape index (κ2) is 6.57. The van der Waals surface area contributed by atoms with Crippen LogP contribution in [0, 0.1) is 5.92 Å². The van der Waals surface area contributed by atoms with E-state index < -0.39 is 11.8 Å². The molecule has 3 N–H and O–H groups in total. The lowest BCUT2D eigenvalue weighted by atomic mass is 10.1. The van der Waals surface area contributed by atoms with Crippen LogP contribution < -0.4 is 11.1 Å². The van der Waals surface area contributed by atoms with Crippen LogP contribution in [0.2, 0.25) is 0 Å². The molecule has 1 aliphatic heterocycles. The summed E-state index contributed by atoms with van der Waals surface area (Å²) in [6.45, 7) is 0.650. The lowest BCUT2D eigenvalue weighted by Crippen LogP contribution is -2.28. The number of anilines is 1. The van der Waals surface area contributed by atoms with E-state index in [-0.39, 0.29) is 23.8 Å². The van der Waals surface area contributed by atoms with E-state index in [0.717, 1.165) is 0 Å². The van der Waals surface area contributed by atoms with Gasteiger partial charge in [0.25, 0.3) is 5.91 Å². The van der Waals surface area contributed by atoms with Crippen molar-refractivity contribution in [2.75, 3.05) is 11.9 Å². The SMILES string of the molecule is NC(=O)c1ccccc1NC(=O)C1CC(=O)N(Cc2ccco2)C1. The normalized spacial score (nSPS) is 17.1. The number of rotatable bonds is 5. The van der Waals surface area contributed by atoms with Crippen molar-refractivity contribution in [3.63, 3.8) is 0 Å². The minimum absolute atomic E-state index is 0.102. The molecule has 0 saturated carbocycles. The summed E-state index contributed by atoms with van der Waals surface area (Å²) < 4.78 is 5.23. The molecule has 2 heterocycles. The lowest BCUT2D eigenvalue weighted by Gasteiger charge is -2.15. The minimum atomic E-state index is -0.618. The van der Waals surface area contributed by atoms with Crippen LogP contribution in [-0.2, 0) is 16.1 Å². The van der Waals surface area contributed by atoms with Crippen LogP contribution in [0.5, 0.6) is 0 Å². The topological polar surface area (TPSA) is 106 Å². The number of likely N-dealkylation sites (tertiary alicyclic amines) is 1. The highest BCUT2D eigenvalue weighted by atomic mass is 16.3. The third-order valence-corrected chi connectivity index (χ3v) is 3.96. The Hall–Kier alpha value is -3.09. The van der Waals surface area contributed by atoms with Crippen molar-refractivity contribution in [3.05, 3.63) is 54.0 Å². The van der Waals surface area contributed by atoms with E-state index in [1.165, 1.54) is 0 Å². The molecule has 124 valence electrons. The zero-order valence-corrected chi connectivity index (χ0v) is 12.9. The number of para-hydroxylation sites is 1. The molecule has 3 amide bonds. The molecule has 1 fully saturated rings. The number of carbonyl (C=O) groups excluding carboxylic acids is 3. The van der Waals surface area contributed by atoms with E-state index in [9.17, 15) is 14.4 Å². The van der Waals surface area contributed by atoms with Crippen LogP contribution >= 0.6 is 0 Å². The highest BCUT2D eigenvalue weighted by Crippen LogP contribution is 2.23. The quantitative estimate of drug-likeness (QED) is 0.865. The van der Waals surface area contributed by atoms with Gasteiger partial charge in [-0.25, -0.2) is 0 Å². The van der Waals surface area contributed by atoms with Crippen molar-refractivity contribution >= 4 is 23.4 Å². The maximum atomic E-state index is 12.4. The second-order valence-electron chi connectivity index (χ2n) is 5.65. The van der Waals surface area contributed by atoms with Crippen LogP contribution in [0.15, 0.2) is 47.1 Å². The minimum Gasteiger partial charge on any atom is -0.467 e. The molecule has 7 nitrogen and oxygen atoms in total. The van der Waals surface area contributed by atoms with Gasteiger partial charge in [0.1, 0.15) is 5.76 Å². The number of hydrogen-bond donors (Lipinski definition) is 2. The Kier molecular flexibility index (Phi) is 4.33. The number of amides is 3. The lowest BCUT2D eigenvalue weighted by molar-refractivity contribution is -0.128. The van der Waals surface area contributed by atoms with Gasteiger partial charge in [0.05, 0.1) is 30.0 Å². The fraction of sp³-hybridized carbons (Fsp3) is 0.235.